The lowest BCUT2D eigenvalue weighted by molar-refractivity contribution is -0.159. The van der Waals surface area contributed by atoms with E-state index >= 15 is 0 Å². The van der Waals surface area contributed by atoms with E-state index in [9.17, 15) is 18.4 Å². The first kappa shape index (κ1) is 13.2. The molecule has 1 atom stereocenters. The van der Waals surface area contributed by atoms with Crippen molar-refractivity contribution >= 4 is 11.9 Å². The molecule has 102 valence electrons. The molecule has 0 radical (unpaired) electrons. The largest absolute Gasteiger partial charge is 0.456 e. The van der Waals surface area contributed by atoms with Crippen molar-refractivity contribution in [2.75, 3.05) is 13.1 Å². The van der Waals surface area contributed by atoms with Crippen LogP contribution in [0.4, 0.5) is 8.78 Å². The number of amides is 1. The van der Waals surface area contributed by atoms with Crippen molar-refractivity contribution in [3.05, 3.63) is 0 Å². The number of carbonyl (C=O) groups excluding carboxylic acids is 2. The van der Waals surface area contributed by atoms with Crippen LogP contribution in [0.25, 0.3) is 0 Å². The summed E-state index contributed by atoms with van der Waals surface area (Å²) in [5.41, 5.74) is 0. The summed E-state index contributed by atoms with van der Waals surface area (Å²) in [6.07, 6.45) is 0.971. The number of esters is 1. The number of halogens is 2. The molecular weight excluding hydrogens is 246 g/mol. The fraction of sp³-hybridized carbons (Fsp3) is 0.818. The average molecular weight is 262 g/mol. The molecule has 1 aliphatic carbocycles. The minimum Gasteiger partial charge on any atom is -0.456 e. The predicted molar refractivity (Wildman–Crippen MR) is 58.1 cm³/mol. The van der Waals surface area contributed by atoms with Crippen molar-refractivity contribution in [1.82, 2.24) is 10.6 Å². The molecule has 1 aliphatic heterocycles. The van der Waals surface area contributed by atoms with Gasteiger partial charge in [0, 0.05) is 25.6 Å². The second-order valence-corrected chi connectivity index (χ2v) is 4.73. The van der Waals surface area contributed by atoms with Crippen LogP contribution in [0.1, 0.15) is 25.7 Å². The van der Waals surface area contributed by atoms with Crippen LogP contribution < -0.4 is 10.6 Å². The number of hydrogen-bond acceptors (Lipinski definition) is 4. The first-order valence-electron chi connectivity index (χ1n) is 6.06. The predicted octanol–water partition coefficient (Wildman–Crippen LogP) is 0.196. The van der Waals surface area contributed by atoms with Gasteiger partial charge in [0.05, 0.1) is 6.42 Å². The highest BCUT2D eigenvalue weighted by molar-refractivity contribution is 5.79. The van der Waals surface area contributed by atoms with Crippen molar-refractivity contribution in [1.29, 1.82) is 0 Å². The van der Waals surface area contributed by atoms with Gasteiger partial charge in [-0.05, 0) is 12.8 Å². The van der Waals surface area contributed by atoms with Gasteiger partial charge in [0.1, 0.15) is 6.10 Å². The monoisotopic (exact) mass is 262 g/mol. The minimum absolute atomic E-state index is 0.0428. The maximum Gasteiger partial charge on any atom is 0.377 e. The highest BCUT2D eigenvalue weighted by atomic mass is 19.3. The van der Waals surface area contributed by atoms with Gasteiger partial charge in [0.15, 0.2) is 0 Å². The number of alkyl halides is 2. The van der Waals surface area contributed by atoms with Gasteiger partial charge in [0.2, 0.25) is 5.91 Å². The zero-order valence-corrected chi connectivity index (χ0v) is 9.88. The molecular formula is C11H16F2N2O3. The van der Waals surface area contributed by atoms with Crippen molar-refractivity contribution in [2.45, 2.75) is 43.8 Å². The summed E-state index contributed by atoms with van der Waals surface area (Å²) in [5, 5.41) is 5.66. The molecule has 1 saturated heterocycles. The second kappa shape index (κ2) is 5.17. The van der Waals surface area contributed by atoms with Gasteiger partial charge >= 0.3 is 11.9 Å². The van der Waals surface area contributed by atoms with E-state index in [1.165, 1.54) is 0 Å². The first-order valence-corrected chi connectivity index (χ1v) is 6.06. The Morgan fingerprint density at radius 2 is 2.17 bits per heavy atom. The molecule has 0 aromatic carbocycles. The summed E-state index contributed by atoms with van der Waals surface area (Å²) < 4.78 is 30.1. The van der Waals surface area contributed by atoms with E-state index in [1.807, 2.05) is 0 Å². The van der Waals surface area contributed by atoms with Gasteiger partial charge in [0.25, 0.3) is 0 Å². The zero-order valence-electron chi connectivity index (χ0n) is 9.88. The van der Waals surface area contributed by atoms with E-state index in [0.29, 0.717) is 19.0 Å². The molecule has 1 saturated carbocycles. The van der Waals surface area contributed by atoms with Crippen LogP contribution in [0.3, 0.4) is 0 Å². The summed E-state index contributed by atoms with van der Waals surface area (Å²) in [4.78, 5) is 22.0. The maximum atomic E-state index is 12.8. The average Bonchev–Trinajstić information content (AvgIpc) is 3.02. The molecule has 2 aliphatic rings. The molecule has 2 N–H and O–H groups in total. The van der Waals surface area contributed by atoms with Crippen LogP contribution in [0, 0.1) is 0 Å². The first-order chi connectivity index (χ1) is 8.47. The summed E-state index contributed by atoms with van der Waals surface area (Å²) >= 11 is 0. The van der Waals surface area contributed by atoms with Crippen LogP contribution in [0.2, 0.25) is 0 Å². The Kier molecular flexibility index (Phi) is 3.79. The maximum absolute atomic E-state index is 12.8. The Hall–Kier alpha value is -1.24. The molecule has 0 aromatic heterocycles. The number of carbonyl (C=O) groups is 2. The molecule has 1 amide bonds. The molecule has 0 spiro atoms. The summed E-state index contributed by atoms with van der Waals surface area (Å²) in [5.74, 6) is -4.87. The van der Waals surface area contributed by atoms with Gasteiger partial charge in [-0.3, -0.25) is 4.79 Å². The second-order valence-electron chi connectivity index (χ2n) is 4.73. The quantitative estimate of drug-likeness (QED) is 0.530. The Balaban J connectivity index is 1.55. The summed E-state index contributed by atoms with van der Waals surface area (Å²) in [7, 11) is 0. The molecule has 18 heavy (non-hydrogen) atoms. The Labute approximate surface area is 103 Å². The molecule has 2 rings (SSSR count). The molecule has 2 fully saturated rings. The number of nitrogens with one attached hydrogen (secondary N) is 2. The third-order valence-corrected chi connectivity index (χ3v) is 2.90. The SMILES string of the molecule is O=C(CCNCC1CC(F)(F)C(=O)O1)NC1CC1. The van der Waals surface area contributed by atoms with Gasteiger partial charge < -0.3 is 15.4 Å². The van der Waals surface area contributed by atoms with E-state index in [2.05, 4.69) is 15.4 Å². The molecule has 5 nitrogen and oxygen atoms in total. The number of hydrogen-bond donors (Lipinski definition) is 2. The Morgan fingerprint density at radius 3 is 2.72 bits per heavy atom. The fourth-order valence-corrected chi connectivity index (χ4v) is 1.75. The zero-order chi connectivity index (χ0) is 13.2. The topological polar surface area (TPSA) is 67.4 Å². The van der Waals surface area contributed by atoms with Crippen LogP contribution >= 0.6 is 0 Å². The molecule has 7 heteroatoms. The lowest BCUT2D eigenvalue weighted by atomic mass is 10.2. The normalized spacial score (nSPS) is 25.9. The van der Waals surface area contributed by atoms with Crippen LogP contribution in [0.5, 0.6) is 0 Å². The van der Waals surface area contributed by atoms with Crippen LogP contribution in [-0.4, -0.2) is 43.0 Å². The molecule has 1 heterocycles. The standard InChI is InChI=1S/C11H16F2N2O3/c12-11(13)5-8(18-10(11)17)6-14-4-3-9(16)15-7-1-2-7/h7-8,14H,1-6H2,(H,15,16). The highest BCUT2D eigenvalue weighted by Crippen LogP contribution is 2.30. The van der Waals surface area contributed by atoms with Gasteiger partial charge in [-0.1, -0.05) is 0 Å². The van der Waals surface area contributed by atoms with E-state index in [1.54, 1.807) is 0 Å². The smallest absolute Gasteiger partial charge is 0.377 e. The van der Waals surface area contributed by atoms with Gasteiger partial charge in [-0.2, -0.15) is 8.78 Å². The lowest BCUT2D eigenvalue weighted by Crippen LogP contribution is -2.32. The minimum atomic E-state index is -3.37. The molecule has 0 bridgehead atoms. The fourth-order valence-electron chi connectivity index (χ4n) is 1.75. The summed E-state index contributed by atoms with van der Waals surface area (Å²) in [6, 6.07) is 0.326. The van der Waals surface area contributed by atoms with Crippen molar-refractivity contribution in [3.8, 4) is 0 Å². The lowest BCUT2D eigenvalue weighted by Gasteiger charge is -2.09. The number of ether oxygens (including phenoxy) is 1. The summed E-state index contributed by atoms with van der Waals surface area (Å²) in [6.45, 7) is 0.538. The van der Waals surface area contributed by atoms with Gasteiger partial charge in [-0.25, -0.2) is 4.79 Å². The van der Waals surface area contributed by atoms with E-state index in [-0.39, 0.29) is 12.5 Å². The van der Waals surface area contributed by atoms with E-state index < -0.39 is 24.4 Å². The van der Waals surface area contributed by atoms with Crippen molar-refractivity contribution < 1.29 is 23.1 Å². The van der Waals surface area contributed by atoms with Crippen LogP contribution in [0.15, 0.2) is 0 Å². The van der Waals surface area contributed by atoms with Crippen molar-refractivity contribution in [2.24, 2.45) is 0 Å². The number of cyclic esters (lactones) is 1. The molecule has 0 aromatic rings. The van der Waals surface area contributed by atoms with Gasteiger partial charge in [-0.15, -0.1) is 0 Å². The molecule has 1 unspecified atom stereocenters. The van der Waals surface area contributed by atoms with Crippen molar-refractivity contribution in [3.63, 3.8) is 0 Å². The third-order valence-electron chi connectivity index (χ3n) is 2.90. The van der Waals surface area contributed by atoms with E-state index in [4.69, 9.17) is 0 Å². The number of rotatable bonds is 6. The Bertz CT molecular complexity index is 345. The Morgan fingerprint density at radius 1 is 1.44 bits per heavy atom. The third kappa shape index (κ3) is 3.63. The highest BCUT2D eigenvalue weighted by Gasteiger charge is 2.50. The van der Waals surface area contributed by atoms with Crippen LogP contribution in [-0.2, 0) is 14.3 Å². The van der Waals surface area contributed by atoms with E-state index in [0.717, 1.165) is 12.8 Å².